The minimum absolute atomic E-state index is 0.825. The first-order chi connectivity index (χ1) is 7.34. The molecule has 2 fully saturated rings. The Morgan fingerprint density at radius 3 is 2.33 bits per heavy atom. The van der Waals surface area contributed by atoms with E-state index < -0.39 is 0 Å². The molecule has 1 aliphatic heterocycles. The molecule has 1 heterocycles. The van der Waals surface area contributed by atoms with Crippen molar-refractivity contribution in [3.63, 3.8) is 0 Å². The first kappa shape index (κ1) is 11.4. The molecular formula is C13H26N2. The fourth-order valence-electron chi connectivity index (χ4n) is 2.92. The summed E-state index contributed by atoms with van der Waals surface area (Å²) in [6.07, 6.45) is 8.63. The summed E-state index contributed by atoms with van der Waals surface area (Å²) in [6, 6.07) is 0.825. The molecule has 0 radical (unpaired) electrons. The zero-order valence-corrected chi connectivity index (χ0v) is 10.2. The summed E-state index contributed by atoms with van der Waals surface area (Å²) in [5, 5.41) is 3.73. The summed E-state index contributed by atoms with van der Waals surface area (Å²) in [4.78, 5) is 2.56. The highest BCUT2D eigenvalue weighted by molar-refractivity contribution is 4.77. The van der Waals surface area contributed by atoms with Crippen molar-refractivity contribution in [1.82, 2.24) is 10.2 Å². The molecule has 15 heavy (non-hydrogen) atoms. The summed E-state index contributed by atoms with van der Waals surface area (Å²) < 4.78 is 0. The maximum Gasteiger partial charge on any atom is 0.0107 e. The summed E-state index contributed by atoms with van der Waals surface area (Å²) in [6.45, 7) is 7.46. The van der Waals surface area contributed by atoms with E-state index in [-0.39, 0.29) is 0 Å². The third-order valence-electron chi connectivity index (χ3n) is 3.86. The van der Waals surface area contributed by atoms with E-state index in [0.717, 1.165) is 12.0 Å². The van der Waals surface area contributed by atoms with Crippen LogP contribution < -0.4 is 5.32 Å². The molecule has 0 amide bonds. The van der Waals surface area contributed by atoms with Gasteiger partial charge >= 0.3 is 0 Å². The van der Waals surface area contributed by atoms with Gasteiger partial charge in [-0.15, -0.1) is 0 Å². The smallest absolute Gasteiger partial charge is 0.0107 e. The Balaban J connectivity index is 1.52. The van der Waals surface area contributed by atoms with Gasteiger partial charge in [-0.2, -0.15) is 0 Å². The van der Waals surface area contributed by atoms with Gasteiger partial charge in [0.05, 0.1) is 0 Å². The predicted molar refractivity (Wildman–Crippen MR) is 65.1 cm³/mol. The van der Waals surface area contributed by atoms with Gasteiger partial charge in [-0.3, -0.25) is 0 Å². The lowest BCUT2D eigenvalue weighted by Gasteiger charge is -2.37. The van der Waals surface area contributed by atoms with Crippen LogP contribution in [-0.2, 0) is 0 Å². The molecule has 2 heteroatoms. The number of hydrogen-bond donors (Lipinski definition) is 1. The van der Waals surface area contributed by atoms with Crippen molar-refractivity contribution in [1.29, 1.82) is 0 Å². The van der Waals surface area contributed by atoms with Crippen LogP contribution in [0, 0.1) is 5.92 Å². The van der Waals surface area contributed by atoms with Gasteiger partial charge < -0.3 is 10.2 Å². The first-order valence-corrected chi connectivity index (χ1v) is 6.80. The Morgan fingerprint density at radius 1 is 1.07 bits per heavy atom. The second-order valence-electron chi connectivity index (χ2n) is 5.51. The van der Waals surface area contributed by atoms with Crippen molar-refractivity contribution in [2.45, 2.75) is 51.5 Å². The van der Waals surface area contributed by atoms with Gasteiger partial charge in [-0.05, 0) is 18.8 Å². The van der Waals surface area contributed by atoms with Gasteiger partial charge in [-0.25, -0.2) is 0 Å². The van der Waals surface area contributed by atoms with Crippen molar-refractivity contribution >= 4 is 0 Å². The van der Waals surface area contributed by atoms with Crippen molar-refractivity contribution in [2.75, 3.05) is 26.2 Å². The number of hydrogen-bond acceptors (Lipinski definition) is 2. The van der Waals surface area contributed by atoms with E-state index in [4.69, 9.17) is 0 Å². The minimum Gasteiger partial charge on any atom is -0.313 e. The molecule has 0 bridgehead atoms. The molecule has 1 saturated carbocycles. The van der Waals surface area contributed by atoms with Crippen LogP contribution >= 0.6 is 0 Å². The fourth-order valence-corrected chi connectivity index (χ4v) is 2.92. The van der Waals surface area contributed by atoms with Crippen LogP contribution in [0.15, 0.2) is 0 Å². The van der Waals surface area contributed by atoms with Crippen LogP contribution in [0.4, 0.5) is 0 Å². The summed E-state index contributed by atoms with van der Waals surface area (Å²) >= 11 is 0. The van der Waals surface area contributed by atoms with Crippen LogP contribution in [-0.4, -0.2) is 37.1 Å². The van der Waals surface area contributed by atoms with Crippen molar-refractivity contribution in [3.05, 3.63) is 0 Å². The highest BCUT2D eigenvalue weighted by Gasteiger charge is 2.21. The lowest BCUT2D eigenvalue weighted by Crippen LogP contribution is -2.48. The molecule has 2 aliphatic rings. The molecule has 1 aliphatic carbocycles. The normalized spacial score (nSPS) is 26.2. The van der Waals surface area contributed by atoms with E-state index in [9.17, 15) is 0 Å². The Labute approximate surface area is 94.4 Å². The average Bonchev–Trinajstić information content (AvgIpc) is 2.43. The SMILES string of the molecule is CC1CN(CCNC2CCCCCC2)C1. The molecular weight excluding hydrogens is 184 g/mol. The molecule has 1 saturated heterocycles. The molecule has 88 valence electrons. The molecule has 0 unspecified atom stereocenters. The van der Waals surface area contributed by atoms with E-state index in [2.05, 4.69) is 17.1 Å². The molecule has 1 N–H and O–H groups in total. The van der Waals surface area contributed by atoms with E-state index >= 15 is 0 Å². The van der Waals surface area contributed by atoms with Crippen molar-refractivity contribution < 1.29 is 0 Å². The van der Waals surface area contributed by atoms with Gasteiger partial charge in [0.1, 0.15) is 0 Å². The van der Waals surface area contributed by atoms with E-state index in [0.29, 0.717) is 0 Å². The first-order valence-electron chi connectivity index (χ1n) is 6.80. The van der Waals surface area contributed by atoms with Crippen LogP contribution in [0.25, 0.3) is 0 Å². The van der Waals surface area contributed by atoms with Crippen LogP contribution in [0.5, 0.6) is 0 Å². The zero-order chi connectivity index (χ0) is 10.5. The standard InChI is InChI=1S/C13H26N2/c1-12-10-15(11-12)9-8-14-13-6-4-2-3-5-7-13/h12-14H,2-11H2,1H3. The van der Waals surface area contributed by atoms with Crippen LogP contribution in [0.1, 0.15) is 45.4 Å². The van der Waals surface area contributed by atoms with Gasteiger partial charge in [0.25, 0.3) is 0 Å². The van der Waals surface area contributed by atoms with E-state index in [1.165, 1.54) is 64.7 Å². The molecule has 0 atom stereocenters. The Hall–Kier alpha value is -0.0800. The maximum absolute atomic E-state index is 3.73. The lowest BCUT2D eigenvalue weighted by molar-refractivity contribution is 0.113. The summed E-state index contributed by atoms with van der Waals surface area (Å²) in [5.74, 6) is 0.947. The number of nitrogens with zero attached hydrogens (tertiary/aromatic N) is 1. The van der Waals surface area contributed by atoms with Gasteiger partial charge in [0.15, 0.2) is 0 Å². The monoisotopic (exact) mass is 210 g/mol. The second kappa shape index (κ2) is 5.86. The van der Waals surface area contributed by atoms with Crippen LogP contribution in [0.3, 0.4) is 0 Å². The van der Waals surface area contributed by atoms with Gasteiger partial charge in [0, 0.05) is 32.2 Å². The molecule has 0 aromatic rings. The topological polar surface area (TPSA) is 15.3 Å². The highest BCUT2D eigenvalue weighted by Crippen LogP contribution is 2.17. The number of nitrogens with one attached hydrogen (secondary N) is 1. The quantitative estimate of drug-likeness (QED) is 0.716. The van der Waals surface area contributed by atoms with E-state index in [1.54, 1.807) is 0 Å². The summed E-state index contributed by atoms with van der Waals surface area (Å²) in [5.41, 5.74) is 0. The third kappa shape index (κ3) is 3.76. The fraction of sp³-hybridized carbons (Fsp3) is 1.00. The zero-order valence-electron chi connectivity index (χ0n) is 10.2. The Bertz CT molecular complexity index is 167. The third-order valence-corrected chi connectivity index (χ3v) is 3.86. The average molecular weight is 210 g/mol. The summed E-state index contributed by atoms with van der Waals surface area (Å²) in [7, 11) is 0. The predicted octanol–water partition coefficient (Wildman–Crippen LogP) is 2.25. The van der Waals surface area contributed by atoms with E-state index in [1.807, 2.05) is 0 Å². The number of likely N-dealkylation sites (tertiary alicyclic amines) is 1. The van der Waals surface area contributed by atoms with Gasteiger partial charge in [0.2, 0.25) is 0 Å². The van der Waals surface area contributed by atoms with Gasteiger partial charge in [-0.1, -0.05) is 32.6 Å². The highest BCUT2D eigenvalue weighted by atomic mass is 15.2. The molecule has 0 aromatic carbocycles. The minimum atomic E-state index is 0.825. The molecule has 2 nitrogen and oxygen atoms in total. The van der Waals surface area contributed by atoms with Crippen molar-refractivity contribution in [2.24, 2.45) is 5.92 Å². The molecule has 0 aromatic heterocycles. The second-order valence-corrected chi connectivity index (χ2v) is 5.51. The maximum atomic E-state index is 3.73. The number of rotatable bonds is 4. The lowest BCUT2D eigenvalue weighted by atomic mass is 10.0. The van der Waals surface area contributed by atoms with Crippen LogP contribution in [0.2, 0.25) is 0 Å². The molecule has 2 rings (SSSR count). The van der Waals surface area contributed by atoms with Crippen molar-refractivity contribution in [3.8, 4) is 0 Å². The Kier molecular flexibility index (Phi) is 4.45. The largest absolute Gasteiger partial charge is 0.313 e. The Morgan fingerprint density at radius 2 is 1.73 bits per heavy atom. The molecule has 0 spiro atoms.